The van der Waals surface area contributed by atoms with Crippen LogP contribution in [0, 0.1) is 0 Å². The minimum absolute atomic E-state index is 0.0902. The number of nitrogens with zero attached hydrogens (tertiary/aromatic N) is 3. The largest absolute Gasteiger partial charge is 0.385 e. The van der Waals surface area contributed by atoms with E-state index in [1.54, 1.807) is 9.80 Å². The van der Waals surface area contributed by atoms with Gasteiger partial charge < -0.3 is 19.8 Å². The van der Waals surface area contributed by atoms with Crippen LogP contribution < -0.4 is 0 Å². The van der Waals surface area contributed by atoms with Gasteiger partial charge in [0.2, 0.25) is 11.8 Å². The zero-order valence-corrected chi connectivity index (χ0v) is 16.3. The molecule has 1 aromatic carbocycles. The fourth-order valence-corrected chi connectivity index (χ4v) is 4.14. The molecule has 3 rings (SSSR count). The van der Waals surface area contributed by atoms with Crippen molar-refractivity contribution in [2.75, 3.05) is 46.3 Å². The number of aliphatic hydroxyl groups is 1. The van der Waals surface area contributed by atoms with Crippen molar-refractivity contribution in [1.29, 1.82) is 0 Å². The number of β-amino-alcohol motifs (C(OH)–C–C–N with tert-alkyl or cyclic N) is 1. The quantitative estimate of drug-likeness (QED) is 0.812. The van der Waals surface area contributed by atoms with E-state index in [1.807, 2.05) is 25.2 Å². The smallest absolute Gasteiger partial charge is 0.222 e. The van der Waals surface area contributed by atoms with E-state index in [9.17, 15) is 14.7 Å². The number of hydrogen-bond acceptors (Lipinski definition) is 4. The Morgan fingerprint density at radius 1 is 1.15 bits per heavy atom. The second-order valence-electron chi connectivity index (χ2n) is 8.04. The van der Waals surface area contributed by atoms with Crippen molar-refractivity contribution in [2.24, 2.45) is 0 Å². The summed E-state index contributed by atoms with van der Waals surface area (Å²) in [6, 6.07) is 10.2. The summed E-state index contributed by atoms with van der Waals surface area (Å²) >= 11 is 0. The van der Waals surface area contributed by atoms with E-state index in [0.717, 1.165) is 25.8 Å². The van der Waals surface area contributed by atoms with Crippen molar-refractivity contribution >= 4 is 11.8 Å². The molecule has 2 amide bonds. The molecular weight excluding hydrogens is 342 g/mol. The van der Waals surface area contributed by atoms with Gasteiger partial charge in [-0.15, -0.1) is 0 Å². The third kappa shape index (κ3) is 5.53. The summed E-state index contributed by atoms with van der Waals surface area (Å²) in [5, 5.41) is 11.2. The van der Waals surface area contributed by atoms with Gasteiger partial charge >= 0.3 is 0 Å². The van der Waals surface area contributed by atoms with Gasteiger partial charge in [-0.3, -0.25) is 9.59 Å². The molecule has 148 valence electrons. The van der Waals surface area contributed by atoms with E-state index >= 15 is 0 Å². The number of carbonyl (C=O) groups excluding carboxylic acids is 2. The van der Waals surface area contributed by atoms with E-state index < -0.39 is 5.60 Å². The molecule has 0 unspecified atom stereocenters. The van der Waals surface area contributed by atoms with Crippen LogP contribution in [0.1, 0.15) is 31.2 Å². The van der Waals surface area contributed by atoms with Gasteiger partial charge in [-0.2, -0.15) is 0 Å². The Kier molecular flexibility index (Phi) is 6.50. The topological polar surface area (TPSA) is 64.1 Å². The molecular formula is C21H31N3O3. The van der Waals surface area contributed by atoms with Crippen molar-refractivity contribution < 1.29 is 14.7 Å². The highest BCUT2D eigenvalue weighted by Crippen LogP contribution is 2.20. The molecule has 0 aliphatic carbocycles. The minimum Gasteiger partial charge on any atom is -0.385 e. The average molecular weight is 373 g/mol. The SMILES string of the molecule is CN1CCN(C(=O)CCCc2ccccc2)C[C@@](O)(CN2CCCC2=O)C1. The highest BCUT2D eigenvalue weighted by atomic mass is 16.3. The number of rotatable bonds is 6. The summed E-state index contributed by atoms with van der Waals surface area (Å²) in [6.07, 6.45) is 3.59. The molecule has 2 aliphatic heterocycles. The van der Waals surface area contributed by atoms with Gasteiger partial charge in [0.05, 0.1) is 13.1 Å². The second-order valence-corrected chi connectivity index (χ2v) is 8.04. The minimum atomic E-state index is -1.07. The molecule has 2 aliphatic rings. The molecule has 2 heterocycles. The van der Waals surface area contributed by atoms with Crippen molar-refractivity contribution in [2.45, 2.75) is 37.7 Å². The number of hydrogen-bond donors (Lipinski definition) is 1. The Bertz CT molecular complexity index is 651. The van der Waals surface area contributed by atoms with Crippen LogP contribution in [0.3, 0.4) is 0 Å². The van der Waals surface area contributed by atoms with Gasteiger partial charge in [0.25, 0.3) is 0 Å². The summed E-state index contributed by atoms with van der Waals surface area (Å²) < 4.78 is 0. The monoisotopic (exact) mass is 373 g/mol. The van der Waals surface area contributed by atoms with Gasteiger partial charge in [0.1, 0.15) is 5.60 Å². The molecule has 0 spiro atoms. The van der Waals surface area contributed by atoms with Crippen molar-refractivity contribution in [1.82, 2.24) is 14.7 Å². The van der Waals surface area contributed by atoms with Crippen LogP contribution in [0.4, 0.5) is 0 Å². The standard InChI is InChI=1S/C21H31N3O3/c1-22-13-14-24(19(25)10-5-9-18-7-3-2-4-8-18)17-21(27,15-22)16-23-12-6-11-20(23)26/h2-4,7-8,27H,5-6,9-17H2,1H3/t21-/m0/s1. The second kappa shape index (κ2) is 8.85. The van der Waals surface area contributed by atoms with Crippen molar-refractivity contribution in [3.8, 4) is 0 Å². The number of likely N-dealkylation sites (tertiary alicyclic amines) is 1. The molecule has 0 radical (unpaired) electrons. The highest BCUT2D eigenvalue weighted by molar-refractivity contribution is 5.78. The lowest BCUT2D eigenvalue weighted by molar-refractivity contribution is -0.136. The first-order valence-corrected chi connectivity index (χ1v) is 9.96. The Labute approximate surface area is 161 Å². The lowest BCUT2D eigenvalue weighted by Crippen LogP contribution is -2.55. The first-order chi connectivity index (χ1) is 13.0. The summed E-state index contributed by atoms with van der Waals surface area (Å²) in [5.41, 5.74) is 0.172. The molecule has 6 nitrogen and oxygen atoms in total. The lowest BCUT2D eigenvalue weighted by Gasteiger charge is -2.35. The molecule has 0 saturated carbocycles. The molecule has 1 N–H and O–H groups in total. The van der Waals surface area contributed by atoms with Crippen LogP contribution in [0.15, 0.2) is 30.3 Å². The van der Waals surface area contributed by atoms with Crippen LogP contribution in [0.2, 0.25) is 0 Å². The predicted octanol–water partition coefficient (Wildman–Crippen LogP) is 1.14. The Morgan fingerprint density at radius 2 is 1.93 bits per heavy atom. The zero-order chi connectivity index (χ0) is 19.3. The maximum atomic E-state index is 12.8. The molecule has 1 atom stereocenters. The van der Waals surface area contributed by atoms with Crippen LogP contribution in [0.25, 0.3) is 0 Å². The summed E-state index contributed by atoms with van der Waals surface area (Å²) in [4.78, 5) is 30.3. The first kappa shape index (κ1) is 19.8. The Morgan fingerprint density at radius 3 is 2.63 bits per heavy atom. The normalized spacial score (nSPS) is 24.3. The molecule has 0 bridgehead atoms. The highest BCUT2D eigenvalue weighted by Gasteiger charge is 2.38. The molecule has 2 saturated heterocycles. The number of amides is 2. The number of carbonyl (C=O) groups is 2. The average Bonchev–Trinajstić information content (AvgIpc) is 2.95. The van der Waals surface area contributed by atoms with Gasteiger partial charge in [-0.05, 0) is 31.9 Å². The van der Waals surface area contributed by atoms with Crippen LogP contribution in [-0.2, 0) is 16.0 Å². The Hall–Kier alpha value is -1.92. The summed E-state index contributed by atoms with van der Waals surface area (Å²) in [7, 11) is 1.96. The van der Waals surface area contributed by atoms with Crippen LogP contribution >= 0.6 is 0 Å². The van der Waals surface area contributed by atoms with E-state index in [4.69, 9.17) is 0 Å². The van der Waals surface area contributed by atoms with E-state index in [2.05, 4.69) is 17.0 Å². The molecule has 27 heavy (non-hydrogen) atoms. The maximum Gasteiger partial charge on any atom is 0.222 e. The number of likely N-dealkylation sites (N-methyl/N-ethyl adjacent to an activating group) is 1. The predicted molar refractivity (Wildman–Crippen MR) is 104 cm³/mol. The van der Waals surface area contributed by atoms with Crippen LogP contribution in [-0.4, -0.2) is 83.5 Å². The Balaban J connectivity index is 1.56. The third-order valence-corrected chi connectivity index (χ3v) is 5.51. The van der Waals surface area contributed by atoms with E-state index in [0.29, 0.717) is 45.6 Å². The first-order valence-electron chi connectivity index (χ1n) is 9.96. The van der Waals surface area contributed by atoms with Gasteiger partial charge in [-0.25, -0.2) is 0 Å². The van der Waals surface area contributed by atoms with Gasteiger partial charge in [-0.1, -0.05) is 30.3 Å². The number of aryl methyl sites for hydroxylation is 1. The summed E-state index contributed by atoms with van der Waals surface area (Å²) in [6.45, 7) is 3.15. The van der Waals surface area contributed by atoms with Crippen LogP contribution in [0.5, 0.6) is 0 Å². The molecule has 1 aromatic rings. The maximum absolute atomic E-state index is 12.8. The fourth-order valence-electron chi connectivity index (χ4n) is 4.14. The lowest BCUT2D eigenvalue weighted by atomic mass is 10.0. The van der Waals surface area contributed by atoms with Gasteiger partial charge in [0, 0.05) is 39.0 Å². The van der Waals surface area contributed by atoms with E-state index in [1.165, 1.54) is 5.56 Å². The molecule has 0 aromatic heterocycles. The van der Waals surface area contributed by atoms with E-state index in [-0.39, 0.29) is 11.8 Å². The summed E-state index contributed by atoms with van der Waals surface area (Å²) in [5.74, 6) is 0.198. The third-order valence-electron chi connectivity index (χ3n) is 5.51. The molecule has 6 heteroatoms. The van der Waals surface area contributed by atoms with Gasteiger partial charge in [0.15, 0.2) is 0 Å². The fraction of sp³-hybridized carbons (Fsp3) is 0.619. The molecule has 2 fully saturated rings. The number of benzene rings is 1. The van der Waals surface area contributed by atoms with Crippen molar-refractivity contribution in [3.63, 3.8) is 0 Å². The zero-order valence-electron chi connectivity index (χ0n) is 16.3. The van der Waals surface area contributed by atoms with Crippen molar-refractivity contribution in [3.05, 3.63) is 35.9 Å².